The lowest BCUT2D eigenvalue weighted by Gasteiger charge is -2.08. The van der Waals surface area contributed by atoms with Gasteiger partial charge in [-0.15, -0.1) is 0 Å². The van der Waals surface area contributed by atoms with Crippen LogP contribution in [0.4, 0.5) is 5.69 Å². The van der Waals surface area contributed by atoms with Crippen molar-refractivity contribution in [3.8, 4) is 22.9 Å². The summed E-state index contributed by atoms with van der Waals surface area (Å²) in [6.45, 7) is 0. The lowest BCUT2D eigenvalue weighted by Crippen LogP contribution is -1.95. The molecule has 1 N–H and O–H groups in total. The summed E-state index contributed by atoms with van der Waals surface area (Å²) in [5.41, 5.74) is 1.04. The number of non-ortho nitro benzene ring substituents is 1. The van der Waals surface area contributed by atoms with E-state index in [1.54, 1.807) is 30.5 Å². The number of nitro benzene ring substituents is 1. The fraction of sp³-hybridized carbons (Fsp3) is 0.0667. The topological polar surface area (TPSA) is 98.4 Å². The highest BCUT2D eigenvalue weighted by molar-refractivity contribution is 5.95. The summed E-state index contributed by atoms with van der Waals surface area (Å²) in [5, 5.41) is 21.6. The number of rotatable bonds is 3. The summed E-state index contributed by atoms with van der Waals surface area (Å²) >= 11 is 0. The number of benzene rings is 1. The first-order chi connectivity index (χ1) is 10.6. The first-order valence-electron chi connectivity index (χ1n) is 6.38. The second-order valence-corrected chi connectivity index (χ2v) is 4.51. The number of phenolic OH excluding ortho intramolecular Hbond substituents is 1. The average molecular weight is 297 g/mol. The number of aromatic nitrogens is 2. The summed E-state index contributed by atoms with van der Waals surface area (Å²) in [7, 11) is 1.33. The molecule has 1 aromatic carbocycles. The number of ether oxygens (including phenoxy) is 1. The fourth-order valence-electron chi connectivity index (χ4n) is 2.20. The van der Waals surface area contributed by atoms with Crippen LogP contribution in [0.15, 0.2) is 42.6 Å². The number of hydrogen-bond donors (Lipinski definition) is 1. The van der Waals surface area contributed by atoms with Gasteiger partial charge in [0.05, 0.1) is 34.9 Å². The molecule has 0 radical (unpaired) electrons. The molecule has 0 aliphatic rings. The maximum Gasteiger partial charge on any atom is 0.282 e. The summed E-state index contributed by atoms with van der Waals surface area (Å²) in [6.07, 6.45) is 1.62. The monoisotopic (exact) mass is 297 g/mol. The second-order valence-electron chi connectivity index (χ2n) is 4.51. The van der Waals surface area contributed by atoms with Gasteiger partial charge in [0, 0.05) is 6.20 Å². The van der Waals surface area contributed by atoms with E-state index in [0.29, 0.717) is 11.4 Å². The minimum Gasteiger partial charge on any atom is -0.503 e. The van der Waals surface area contributed by atoms with Crippen molar-refractivity contribution in [2.45, 2.75) is 0 Å². The van der Waals surface area contributed by atoms with Gasteiger partial charge in [-0.2, -0.15) is 0 Å². The third-order valence-corrected chi connectivity index (χ3v) is 3.24. The van der Waals surface area contributed by atoms with Gasteiger partial charge in [0.1, 0.15) is 5.52 Å². The molecule has 0 saturated carbocycles. The average Bonchev–Trinajstić information content (AvgIpc) is 2.55. The Bertz CT molecular complexity index is 866. The summed E-state index contributed by atoms with van der Waals surface area (Å²) in [4.78, 5) is 19.1. The molecule has 2 heterocycles. The molecule has 0 aliphatic heterocycles. The largest absolute Gasteiger partial charge is 0.503 e. The van der Waals surface area contributed by atoms with E-state index in [2.05, 4.69) is 9.97 Å². The van der Waals surface area contributed by atoms with Crippen molar-refractivity contribution in [3.05, 3.63) is 52.7 Å². The Labute approximate surface area is 125 Å². The molecule has 3 rings (SSSR count). The predicted octanol–water partition coefficient (Wildman–Crippen LogP) is 2.92. The van der Waals surface area contributed by atoms with Gasteiger partial charge in [-0.1, -0.05) is 6.07 Å². The zero-order chi connectivity index (χ0) is 15.7. The van der Waals surface area contributed by atoms with Crippen LogP contribution in [0.2, 0.25) is 0 Å². The Morgan fingerprint density at radius 2 is 2.05 bits per heavy atom. The second kappa shape index (κ2) is 5.28. The van der Waals surface area contributed by atoms with E-state index >= 15 is 0 Å². The van der Waals surface area contributed by atoms with Gasteiger partial charge in [-0.3, -0.25) is 15.1 Å². The third-order valence-electron chi connectivity index (χ3n) is 3.24. The van der Waals surface area contributed by atoms with E-state index in [1.807, 2.05) is 6.07 Å². The Hall–Kier alpha value is -3.22. The molecule has 0 aliphatic carbocycles. The Balaban J connectivity index is 2.31. The molecular weight excluding hydrogens is 286 g/mol. The van der Waals surface area contributed by atoms with Gasteiger partial charge in [0.15, 0.2) is 11.5 Å². The smallest absolute Gasteiger partial charge is 0.282 e. The van der Waals surface area contributed by atoms with E-state index in [-0.39, 0.29) is 28.1 Å². The lowest BCUT2D eigenvalue weighted by molar-refractivity contribution is -0.383. The van der Waals surface area contributed by atoms with Crippen molar-refractivity contribution in [2.75, 3.05) is 7.11 Å². The normalized spacial score (nSPS) is 10.6. The van der Waals surface area contributed by atoms with Crippen LogP contribution >= 0.6 is 0 Å². The molecule has 2 aromatic heterocycles. The minimum atomic E-state index is -0.535. The number of pyridine rings is 2. The number of nitrogens with zero attached hydrogens (tertiary/aromatic N) is 3. The number of phenols is 1. The molecule has 0 saturated heterocycles. The highest BCUT2D eigenvalue weighted by Crippen LogP contribution is 2.40. The molecule has 7 heteroatoms. The maximum atomic E-state index is 11.2. The summed E-state index contributed by atoms with van der Waals surface area (Å²) < 4.78 is 4.98. The van der Waals surface area contributed by atoms with Crippen molar-refractivity contribution >= 4 is 16.6 Å². The van der Waals surface area contributed by atoms with E-state index in [9.17, 15) is 15.2 Å². The van der Waals surface area contributed by atoms with Crippen molar-refractivity contribution in [3.63, 3.8) is 0 Å². The van der Waals surface area contributed by atoms with E-state index in [4.69, 9.17) is 4.74 Å². The molecule has 0 unspecified atom stereocenters. The molecular formula is C15H11N3O4. The first-order valence-corrected chi connectivity index (χ1v) is 6.38. The predicted molar refractivity (Wildman–Crippen MR) is 79.8 cm³/mol. The van der Waals surface area contributed by atoms with Crippen LogP contribution in [0, 0.1) is 10.1 Å². The third kappa shape index (κ3) is 2.18. The molecule has 0 atom stereocenters. The van der Waals surface area contributed by atoms with Crippen LogP contribution in [0.5, 0.6) is 11.5 Å². The molecule has 0 spiro atoms. The molecule has 0 amide bonds. The van der Waals surface area contributed by atoms with Gasteiger partial charge in [-0.25, -0.2) is 4.98 Å². The zero-order valence-electron chi connectivity index (χ0n) is 11.6. The molecule has 3 aromatic rings. The SMILES string of the molecule is COc1cc([N+](=O)[O-])c2ccc(-c3ccccn3)nc2c1O. The number of hydrogen-bond acceptors (Lipinski definition) is 6. The van der Waals surface area contributed by atoms with Crippen LogP contribution < -0.4 is 4.74 Å². The molecule has 0 fully saturated rings. The van der Waals surface area contributed by atoms with Crippen LogP contribution in [-0.4, -0.2) is 27.1 Å². The summed E-state index contributed by atoms with van der Waals surface area (Å²) in [6, 6.07) is 9.70. The van der Waals surface area contributed by atoms with E-state index < -0.39 is 4.92 Å². The first kappa shape index (κ1) is 13.7. The van der Waals surface area contributed by atoms with Crippen LogP contribution in [-0.2, 0) is 0 Å². The van der Waals surface area contributed by atoms with Crippen LogP contribution in [0.1, 0.15) is 0 Å². The van der Waals surface area contributed by atoms with Gasteiger partial charge < -0.3 is 9.84 Å². The number of methoxy groups -OCH3 is 1. The Morgan fingerprint density at radius 1 is 1.23 bits per heavy atom. The zero-order valence-corrected chi connectivity index (χ0v) is 11.6. The summed E-state index contributed by atoms with van der Waals surface area (Å²) in [5.74, 6) is -0.231. The number of aromatic hydroxyl groups is 1. The van der Waals surface area contributed by atoms with Gasteiger partial charge in [0.25, 0.3) is 5.69 Å². The van der Waals surface area contributed by atoms with Gasteiger partial charge >= 0.3 is 0 Å². The molecule has 0 bridgehead atoms. The maximum absolute atomic E-state index is 11.2. The Kier molecular flexibility index (Phi) is 3.30. The fourth-order valence-corrected chi connectivity index (χ4v) is 2.20. The molecule has 22 heavy (non-hydrogen) atoms. The lowest BCUT2D eigenvalue weighted by atomic mass is 10.1. The quantitative estimate of drug-likeness (QED) is 0.589. The molecule has 110 valence electrons. The standard InChI is InChI=1S/C15H11N3O4/c1-22-13-8-12(18(20)21)9-5-6-11(17-14(9)15(13)19)10-4-2-3-7-16-10/h2-8,19H,1H3. The van der Waals surface area contributed by atoms with Crippen molar-refractivity contribution < 1.29 is 14.8 Å². The number of fused-ring (bicyclic) bond motifs is 1. The van der Waals surface area contributed by atoms with E-state index in [1.165, 1.54) is 13.2 Å². The van der Waals surface area contributed by atoms with Crippen molar-refractivity contribution in [1.29, 1.82) is 0 Å². The van der Waals surface area contributed by atoms with Crippen molar-refractivity contribution in [2.24, 2.45) is 0 Å². The highest BCUT2D eigenvalue weighted by atomic mass is 16.6. The minimum absolute atomic E-state index is 0.00451. The van der Waals surface area contributed by atoms with Crippen molar-refractivity contribution in [1.82, 2.24) is 9.97 Å². The Morgan fingerprint density at radius 3 is 2.68 bits per heavy atom. The van der Waals surface area contributed by atoms with Crippen LogP contribution in [0.3, 0.4) is 0 Å². The van der Waals surface area contributed by atoms with Crippen LogP contribution in [0.25, 0.3) is 22.3 Å². The molecule has 7 nitrogen and oxygen atoms in total. The van der Waals surface area contributed by atoms with Gasteiger partial charge in [0.2, 0.25) is 0 Å². The highest BCUT2D eigenvalue weighted by Gasteiger charge is 2.21. The van der Waals surface area contributed by atoms with Gasteiger partial charge in [-0.05, 0) is 24.3 Å². The number of nitro groups is 1. The van der Waals surface area contributed by atoms with E-state index in [0.717, 1.165) is 0 Å².